The number of hydrogen-bond acceptors (Lipinski definition) is 6. The van der Waals surface area contributed by atoms with E-state index in [9.17, 15) is 22.0 Å². The fraction of sp³-hybridized carbons (Fsp3) is 0.308. The van der Waals surface area contributed by atoms with E-state index >= 15 is 0 Å². The molecule has 0 aliphatic carbocycles. The molecule has 4 rings (SSSR count). The van der Waals surface area contributed by atoms with Crippen LogP contribution >= 0.6 is 0 Å². The molecule has 39 heavy (non-hydrogen) atoms. The monoisotopic (exact) mass is 724 g/mol. The predicted molar refractivity (Wildman–Crippen MR) is 133 cm³/mol. The van der Waals surface area contributed by atoms with Crippen molar-refractivity contribution in [1.29, 1.82) is 0 Å². The first-order valence-corrected chi connectivity index (χ1v) is 11.4. The van der Waals surface area contributed by atoms with Gasteiger partial charge in [-0.05, 0) is 43.8 Å². The zero-order valence-electron chi connectivity index (χ0n) is 21.8. The van der Waals surface area contributed by atoms with Gasteiger partial charge in [-0.25, -0.2) is 8.78 Å². The summed E-state index contributed by atoms with van der Waals surface area (Å²) in [5.74, 6) is -2.06. The molecule has 0 unspecified atom stereocenters. The molecule has 0 fully saturated rings. The van der Waals surface area contributed by atoms with E-state index in [0.29, 0.717) is 22.8 Å². The van der Waals surface area contributed by atoms with Crippen LogP contribution in [0.3, 0.4) is 0 Å². The predicted octanol–water partition coefficient (Wildman–Crippen LogP) is 5.11. The smallest absolute Gasteiger partial charge is 0.573 e. The summed E-state index contributed by atoms with van der Waals surface area (Å²) in [6.07, 6.45) is -4.64. The molecule has 0 amide bonds. The SMILES string of the molecule is CN(C)c1cc(-c2cc(C(F)(F)F)n[n-]2)nc(C(C)(C)c2cc(N(C)C)cc(-c3[c-]cc(F)nc3F)n2)c1.[Pt+2]. The van der Waals surface area contributed by atoms with E-state index in [1.165, 1.54) is 0 Å². The molecule has 0 aliphatic rings. The number of anilines is 2. The summed E-state index contributed by atoms with van der Waals surface area (Å²) in [5.41, 5.74) is 0.535. The Kier molecular flexibility index (Phi) is 8.50. The number of halogens is 5. The van der Waals surface area contributed by atoms with Crippen molar-refractivity contribution in [2.75, 3.05) is 38.0 Å². The van der Waals surface area contributed by atoms with Crippen LogP contribution < -0.4 is 14.9 Å². The Morgan fingerprint density at radius 3 is 1.79 bits per heavy atom. The number of alkyl halides is 3. The van der Waals surface area contributed by atoms with Crippen LogP contribution in [0.15, 0.2) is 36.4 Å². The van der Waals surface area contributed by atoms with Crippen LogP contribution in [0, 0.1) is 18.0 Å². The van der Waals surface area contributed by atoms with Crippen molar-refractivity contribution >= 4 is 11.4 Å². The Hall–Kier alpha value is -3.40. The fourth-order valence-corrected chi connectivity index (χ4v) is 3.69. The van der Waals surface area contributed by atoms with Gasteiger partial charge in [0.2, 0.25) is 0 Å². The number of pyridine rings is 3. The van der Waals surface area contributed by atoms with Gasteiger partial charge in [0.25, 0.3) is 0 Å². The normalized spacial score (nSPS) is 11.8. The third kappa shape index (κ3) is 6.27. The van der Waals surface area contributed by atoms with Gasteiger partial charge in [0.1, 0.15) is 17.6 Å². The minimum atomic E-state index is -4.64. The van der Waals surface area contributed by atoms with E-state index in [0.717, 1.165) is 12.1 Å². The third-order valence-corrected chi connectivity index (χ3v) is 6.03. The van der Waals surface area contributed by atoms with Crippen molar-refractivity contribution < 1.29 is 43.0 Å². The van der Waals surface area contributed by atoms with Gasteiger partial charge in [-0.3, -0.25) is 9.97 Å². The van der Waals surface area contributed by atoms with Crippen LogP contribution in [0.4, 0.5) is 33.3 Å². The zero-order chi connectivity index (χ0) is 28.0. The molecule has 0 atom stereocenters. The van der Waals surface area contributed by atoms with Gasteiger partial charge in [-0.15, -0.1) is 6.07 Å². The molecule has 0 radical (unpaired) electrons. The summed E-state index contributed by atoms with van der Waals surface area (Å²) in [5, 5.41) is 6.96. The van der Waals surface area contributed by atoms with Crippen molar-refractivity contribution in [2.45, 2.75) is 25.4 Å². The molecule has 0 spiro atoms. The second-order valence-electron chi connectivity index (χ2n) is 9.61. The van der Waals surface area contributed by atoms with Gasteiger partial charge in [-0.1, -0.05) is 23.4 Å². The van der Waals surface area contributed by atoms with Crippen LogP contribution in [0.2, 0.25) is 0 Å². The Bertz CT molecular complexity index is 1480. The van der Waals surface area contributed by atoms with Crippen molar-refractivity contribution in [3.8, 4) is 22.6 Å². The summed E-state index contributed by atoms with van der Waals surface area (Å²) in [4.78, 5) is 16.1. The van der Waals surface area contributed by atoms with Crippen molar-refractivity contribution in [3.63, 3.8) is 0 Å². The topological polar surface area (TPSA) is 72.1 Å². The fourth-order valence-electron chi connectivity index (χ4n) is 3.69. The van der Waals surface area contributed by atoms with Crippen LogP contribution in [0.1, 0.15) is 30.9 Å². The van der Waals surface area contributed by atoms with Gasteiger partial charge < -0.3 is 25.0 Å². The Labute approximate surface area is 236 Å². The van der Waals surface area contributed by atoms with Crippen molar-refractivity contribution in [1.82, 2.24) is 25.1 Å². The average molecular weight is 725 g/mol. The second kappa shape index (κ2) is 11.0. The molecule has 0 saturated heterocycles. The summed E-state index contributed by atoms with van der Waals surface area (Å²) < 4.78 is 67.4. The summed E-state index contributed by atoms with van der Waals surface area (Å²) in [7, 11) is 7.18. The standard InChI is InChI=1S/C26H24F5N7.Pt/c1-25(2,20-11-14(37(3)4)9-17(32-20)16-7-8-23(27)34-24(16)28)21-12-15(38(5)6)10-18(33-21)19-13-22(36-35-19)26(29,30)31;/h8-13H,1-6H3;/q-2;+2. The van der Waals surface area contributed by atoms with Gasteiger partial charge >= 0.3 is 27.2 Å². The van der Waals surface area contributed by atoms with Crippen molar-refractivity contribution in [3.05, 3.63) is 71.4 Å². The number of hydrogen-bond donors (Lipinski definition) is 0. The summed E-state index contributed by atoms with van der Waals surface area (Å²) in [6.45, 7) is 3.68. The van der Waals surface area contributed by atoms with Crippen LogP contribution in [-0.4, -0.2) is 48.2 Å². The maximum Gasteiger partial charge on any atom is 2.00 e. The Morgan fingerprint density at radius 2 is 1.31 bits per heavy atom. The maximum absolute atomic E-state index is 14.5. The van der Waals surface area contributed by atoms with Gasteiger partial charge in [0, 0.05) is 50.7 Å². The van der Waals surface area contributed by atoms with Gasteiger partial charge in [0.05, 0.1) is 11.4 Å². The van der Waals surface area contributed by atoms with Gasteiger partial charge in [0.15, 0.2) is 0 Å². The Morgan fingerprint density at radius 1 is 0.769 bits per heavy atom. The first-order chi connectivity index (χ1) is 17.7. The maximum atomic E-state index is 14.5. The van der Waals surface area contributed by atoms with E-state index in [1.807, 2.05) is 13.8 Å². The summed E-state index contributed by atoms with van der Waals surface area (Å²) >= 11 is 0. The van der Waals surface area contributed by atoms with Crippen LogP contribution in [0.25, 0.3) is 22.6 Å². The van der Waals surface area contributed by atoms with Crippen LogP contribution in [-0.2, 0) is 32.7 Å². The molecule has 13 heteroatoms. The molecular weight excluding hydrogens is 700 g/mol. The molecule has 208 valence electrons. The molecule has 4 heterocycles. The quantitative estimate of drug-likeness (QED) is 0.156. The largest absolute Gasteiger partial charge is 2.00 e. The first kappa shape index (κ1) is 30.1. The molecule has 0 aromatic carbocycles. The molecule has 0 aliphatic heterocycles. The van der Waals surface area contributed by atoms with E-state index in [4.69, 9.17) is 0 Å². The molecule has 7 nitrogen and oxygen atoms in total. The second-order valence-corrected chi connectivity index (χ2v) is 9.61. The zero-order valence-corrected chi connectivity index (χ0v) is 24.1. The molecule has 4 aromatic rings. The van der Waals surface area contributed by atoms with E-state index < -0.39 is 29.2 Å². The summed E-state index contributed by atoms with van der Waals surface area (Å²) in [6, 6.07) is 11.2. The molecule has 0 bridgehead atoms. The van der Waals surface area contributed by atoms with E-state index in [1.54, 1.807) is 62.3 Å². The van der Waals surface area contributed by atoms with E-state index in [2.05, 4.69) is 31.2 Å². The average Bonchev–Trinajstić information content (AvgIpc) is 3.34. The molecule has 4 aromatic heterocycles. The molecular formula is C26H24F5N7Pt. The van der Waals surface area contributed by atoms with Crippen molar-refractivity contribution in [2.24, 2.45) is 0 Å². The number of aromatic nitrogens is 5. The van der Waals surface area contributed by atoms with Gasteiger partial charge in [-0.2, -0.15) is 13.2 Å². The van der Waals surface area contributed by atoms with Crippen LogP contribution in [0.5, 0.6) is 0 Å². The Balaban J connectivity index is 0.00000420. The minimum Gasteiger partial charge on any atom is -0.573 e. The number of rotatable bonds is 6. The molecule has 0 N–H and O–H groups in total. The van der Waals surface area contributed by atoms with E-state index in [-0.39, 0.29) is 43.7 Å². The molecule has 0 saturated carbocycles. The number of nitrogens with zero attached hydrogens (tertiary/aromatic N) is 7. The minimum absolute atomic E-state index is 0. The third-order valence-electron chi connectivity index (χ3n) is 6.03. The first-order valence-electron chi connectivity index (χ1n) is 11.4.